The maximum absolute atomic E-state index is 13.0. The molecule has 0 atom stereocenters. The number of nitrogens with one attached hydrogen (secondary N) is 3. The Morgan fingerprint density at radius 1 is 0.497 bits per heavy atom. The van der Waals surface area contributed by atoms with Crippen LogP contribution in [0.4, 0.5) is 11.4 Å². The number of benzene rings is 3. The Morgan fingerprint density at radius 3 is 1.41 bits per heavy atom. The zero-order valence-corrected chi connectivity index (χ0v) is 92.0. The zero-order chi connectivity index (χ0) is 106. The van der Waals surface area contributed by atoms with Gasteiger partial charge in [0.2, 0.25) is 23.4 Å². The molecule has 0 aromatic heterocycles. The molecule has 0 saturated carbocycles. The van der Waals surface area contributed by atoms with Gasteiger partial charge in [0.05, 0.1) is 10.3 Å². The summed E-state index contributed by atoms with van der Waals surface area (Å²) in [6, 6.07) is 21.9. The molecule has 143 heavy (non-hydrogen) atoms. The van der Waals surface area contributed by atoms with E-state index in [-0.39, 0.29) is 44.3 Å². The molecule has 2 aliphatic heterocycles. The van der Waals surface area contributed by atoms with E-state index in [9.17, 15) is 32.1 Å². The maximum Gasteiger partial charge on any atom is 0.425 e. The molecule has 0 bridgehead atoms. The minimum atomic E-state index is -4.43. The first-order valence-corrected chi connectivity index (χ1v) is 54.6. The van der Waals surface area contributed by atoms with Crippen molar-refractivity contribution in [3.8, 4) is 5.75 Å². The van der Waals surface area contributed by atoms with E-state index < -0.39 is 42.7 Å². The lowest BCUT2D eigenvalue weighted by atomic mass is 9.72. The summed E-state index contributed by atoms with van der Waals surface area (Å²) in [5, 5.41) is 17.7. The van der Waals surface area contributed by atoms with Crippen molar-refractivity contribution in [3.63, 3.8) is 0 Å². The van der Waals surface area contributed by atoms with Crippen molar-refractivity contribution < 1.29 is 71.8 Å². The lowest BCUT2D eigenvalue weighted by molar-refractivity contribution is -0.438. The van der Waals surface area contributed by atoms with E-state index in [0.717, 1.165) is 190 Å². The summed E-state index contributed by atoms with van der Waals surface area (Å²) >= 11 is 0. The molecule has 780 valence electrons. The van der Waals surface area contributed by atoms with Gasteiger partial charge in [0.25, 0.3) is 10.1 Å². The average molecular weight is 2020 g/mol. The highest BCUT2D eigenvalue weighted by molar-refractivity contribution is 7.85. The molecule has 21 nitrogen and oxygen atoms in total. The van der Waals surface area contributed by atoms with E-state index in [4.69, 9.17) is 40.8 Å². The number of hydrogen-bond acceptors (Lipinski definition) is 15. The van der Waals surface area contributed by atoms with Crippen LogP contribution in [0.5, 0.6) is 5.75 Å². The summed E-state index contributed by atoms with van der Waals surface area (Å²) < 4.78 is 95.2. The number of unbranched alkanes of at least 4 members (excludes halogenated alkanes) is 9. The monoisotopic (exact) mass is 2020 g/mol. The first-order valence-electron chi connectivity index (χ1n) is 51.2. The fraction of sp³-hybridized carbons (Fsp3) is 0.487. The molecule has 2 heterocycles. The number of ether oxygens (including phenoxy) is 1. The summed E-state index contributed by atoms with van der Waals surface area (Å²) in [7, 11) is -10.7. The number of aryl methyl sites for hydroxylation is 1. The number of allylic oxidation sites excluding steroid dienone is 34. The quantitative estimate of drug-likeness (QED) is 0.0101. The normalized spacial score (nSPS) is 18.3. The molecular formula is C119H167N6O15S3+. The fourth-order valence-electron chi connectivity index (χ4n) is 19.1. The van der Waals surface area contributed by atoms with Gasteiger partial charge in [-0.1, -0.05) is 267 Å². The number of para-hydroxylation sites is 1. The van der Waals surface area contributed by atoms with Crippen molar-refractivity contribution in [2.45, 2.75) is 328 Å². The molecule has 0 unspecified atom stereocenters. The molecule has 0 radical (unpaired) electrons. The highest BCUT2D eigenvalue weighted by Gasteiger charge is 2.45. The fourth-order valence-corrected chi connectivity index (χ4v) is 19.6. The summed E-state index contributed by atoms with van der Waals surface area (Å²) in [4.78, 5) is 50.2. The SMILES string of the molecule is CC1=C(/C=C/C(C)=C/C=C/C(C)=C/C(=O)NCCCCCCN)C(C)(C)CCC1.CC1=C(/C=C/C(C)=C/C=C/C(C)=C/C(=O)O)C(C)(C)CCC1.CCCC[N+]1=C(/C=C/C2=C(Oc3ccc(C)cc3)C(=C/C=C3/N(CCCCCC(=O)NCCCCCCNC(=O)/C=C(C)/C=C/C=C(C)/C=C/C4=C(C)CCCC4(C)C)c4ccc(S(=O)(=O)O)cc4C3(C)C)/CCC2)C(C)(C)c2ccccc21.O=S(=O)=O.O=S(=O)=O. The minimum absolute atomic E-state index is 0.0199. The van der Waals surface area contributed by atoms with E-state index >= 15 is 0 Å². The van der Waals surface area contributed by atoms with Crippen molar-refractivity contribution >= 4 is 72.1 Å². The third-order valence-corrected chi connectivity index (χ3v) is 28.0. The van der Waals surface area contributed by atoms with Crippen LogP contribution in [0.2, 0.25) is 0 Å². The van der Waals surface area contributed by atoms with Gasteiger partial charge in [0, 0.05) is 91.8 Å². The van der Waals surface area contributed by atoms with Crippen LogP contribution >= 0.6 is 0 Å². The van der Waals surface area contributed by atoms with Gasteiger partial charge in [0.15, 0.2) is 5.71 Å². The Labute approximate surface area is 860 Å². The molecule has 6 aliphatic rings. The number of nitrogens with zero attached hydrogens (tertiary/aromatic N) is 2. The van der Waals surface area contributed by atoms with Crippen LogP contribution < -0.4 is 31.3 Å². The Kier molecular flexibility index (Phi) is 52.5. The van der Waals surface area contributed by atoms with Gasteiger partial charge in [-0.3, -0.25) is 18.9 Å². The molecule has 9 rings (SSSR count). The van der Waals surface area contributed by atoms with Crippen molar-refractivity contribution in [2.24, 2.45) is 22.0 Å². The molecule has 4 aliphatic carbocycles. The van der Waals surface area contributed by atoms with Crippen LogP contribution in [0.15, 0.2) is 295 Å². The van der Waals surface area contributed by atoms with Crippen LogP contribution in [0, 0.1) is 23.2 Å². The van der Waals surface area contributed by atoms with Gasteiger partial charge in [-0.25, -0.2) is 4.79 Å². The lowest BCUT2D eigenvalue weighted by Crippen LogP contribution is -2.28. The summed E-state index contributed by atoms with van der Waals surface area (Å²) in [6.07, 6.45) is 71.6. The molecular weight excluding hydrogens is 1850 g/mol. The predicted molar refractivity (Wildman–Crippen MR) is 588 cm³/mol. The van der Waals surface area contributed by atoms with Gasteiger partial charge >= 0.3 is 27.2 Å². The number of amides is 3. The van der Waals surface area contributed by atoms with Crippen LogP contribution in [-0.4, -0.2) is 117 Å². The molecule has 3 aromatic carbocycles. The maximum atomic E-state index is 13.0. The first kappa shape index (κ1) is 122. The Morgan fingerprint density at radius 2 is 0.951 bits per heavy atom. The van der Waals surface area contributed by atoms with Crippen molar-refractivity contribution in [2.75, 3.05) is 44.2 Å². The minimum Gasteiger partial charge on any atom is -0.478 e. The lowest BCUT2D eigenvalue weighted by Gasteiger charge is -2.33. The molecule has 0 saturated heterocycles. The number of carboxylic acid groups (broad SMARTS) is 1. The number of anilines is 1. The van der Waals surface area contributed by atoms with E-state index in [1.165, 1.54) is 131 Å². The van der Waals surface area contributed by atoms with Crippen LogP contribution in [-0.2, 0) is 61.3 Å². The number of carbonyl (C=O) groups is 4. The largest absolute Gasteiger partial charge is 0.478 e. The van der Waals surface area contributed by atoms with Gasteiger partial charge in [0.1, 0.15) is 18.1 Å². The van der Waals surface area contributed by atoms with E-state index in [2.05, 4.69) is 259 Å². The van der Waals surface area contributed by atoms with E-state index in [1.807, 2.05) is 68.5 Å². The van der Waals surface area contributed by atoms with Gasteiger partial charge in [-0.2, -0.15) is 13.0 Å². The van der Waals surface area contributed by atoms with E-state index in [0.29, 0.717) is 26.1 Å². The molecule has 0 spiro atoms. The van der Waals surface area contributed by atoms with Gasteiger partial charge in [-0.15, -0.1) is 25.3 Å². The second kappa shape index (κ2) is 61.3. The highest BCUT2D eigenvalue weighted by Crippen LogP contribution is 2.50. The third kappa shape index (κ3) is 43.4. The number of nitrogens with two attached hydrogens (primary N) is 1. The standard InChI is InChI=1S/C73H96N4O6S.C26H42N2O.C20H28O2.2O3S/c1-12-13-49-76-64-32-19-18-31-62(64)72(8,9)66(76)44-37-57-29-24-30-58(70(57)83-59-39-34-54(3)35-40-59)38-45-67-73(10,11)63-52-60(84(80,81)82)41-43-65(63)77(67)50-22-16-17-33-68(78)74-47-20-14-15-21-48-75-69(79)51-55(4)27-23-26-53(2)36-42-61-56(5)28-25-46-71(61,6)7;1-21(15-16-24-23(3)14-11-17-26(24,4)5)12-10-13-22(2)20-25(29)28-19-9-7-6-8-18-27;1-15(8-6-9-16(2)14-19(21)22)11-12-18-17(3)10-7-13-20(18,4)5;2*1-4(2)3/h18-19,23,26-27,31-32,34-45,51-52H,12-17,20-22,24-25,28-30,33,46-50H2,1-11H3,(H2-,74,75,78,79,80,81,82);10,12-13,15-16,20H,6-9,11,14,17-19,27H2,1-5H3,(H,28,29);6,8-9,11-12,14H,7,10,13H2,1-5H3,(H,21,22);;/p+1/b27-23+,42-36+,53-26+,55-51+;13-10+,16-15+,21-12+,22-20+;9-6+,12-11+,15-8+,16-14+;;. The van der Waals surface area contributed by atoms with Crippen molar-refractivity contribution in [1.82, 2.24) is 16.0 Å². The Hall–Kier alpha value is -11.0. The number of carboxylic acids is 1. The smallest absolute Gasteiger partial charge is 0.425 e. The summed E-state index contributed by atoms with van der Waals surface area (Å²) in [5.41, 5.74) is 30.5. The Balaban J connectivity index is 0.000000491. The Bertz CT molecular complexity index is 5870. The number of rotatable bonds is 43. The van der Waals surface area contributed by atoms with Crippen LogP contribution in [0.3, 0.4) is 0 Å². The topological polar surface area (TPSA) is 323 Å². The number of aliphatic carboxylic acids is 1. The van der Waals surface area contributed by atoms with Gasteiger partial charge < -0.3 is 36.4 Å². The molecule has 24 heteroatoms. The highest BCUT2D eigenvalue weighted by atomic mass is 32.2. The number of fused-ring (bicyclic) bond motifs is 2. The second-order valence-electron chi connectivity index (χ2n) is 41.5. The van der Waals surface area contributed by atoms with E-state index in [1.54, 1.807) is 31.2 Å². The second-order valence-corrected chi connectivity index (χ2v) is 43.8. The van der Waals surface area contributed by atoms with Crippen molar-refractivity contribution in [3.05, 3.63) is 307 Å². The molecule has 3 aromatic rings. The molecule has 3 amide bonds. The first-order chi connectivity index (χ1) is 67.4. The van der Waals surface area contributed by atoms with Crippen LogP contribution in [0.25, 0.3) is 0 Å². The zero-order valence-electron chi connectivity index (χ0n) is 89.6. The predicted octanol–water partition coefficient (Wildman–Crippen LogP) is 26.7. The average Bonchev–Trinajstić information content (AvgIpc) is 1.58. The number of carbonyl (C=O) groups excluding carboxylic acids is 3. The molecule has 0 fully saturated rings. The van der Waals surface area contributed by atoms with Gasteiger partial charge in [-0.05, 0) is 314 Å². The summed E-state index contributed by atoms with van der Waals surface area (Å²) in [6.45, 7) is 50.2. The van der Waals surface area contributed by atoms with Crippen LogP contribution in [0.1, 0.15) is 322 Å². The van der Waals surface area contributed by atoms with Crippen molar-refractivity contribution in [1.29, 1.82) is 0 Å². The molecule has 7 N–H and O–H groups in total. The summed E-state index contributed by atoms with van der Waals surface area (Å²) in [5.74, 6) is 0.673. The third-order valence-electron chi connectivity index (χ3n) is 27.1. The number of hydrogen-bond donors (Lipinski definition) is 6.